The van der Waals surface area contributed by atoms with Crippen LogP contribution in [0.4, 0.5) is 0 Å². The number of hydrogen-bond donors (Lipinski definition) is 0. The fraction of sp³-hybridized carbons (Fsp3) is 1.00. The molecule has 1 aliphatic rings. The molecule has 10 heavy (non-hydrogen) atoms. The predicted octanol–water partition coefficient (Wildman–Crippen LogP) is 0.956. The fourth-order valence-electron chi connectivity index (χ4n) is 1.93. The van der Waals surface area contributed by atoms with Crippen LogP contribution in [0.2, 0.25) is 18.6 Å². The first kappa shape index (κ1) is 8.49. The summed E-state index contributed by atoms with van der Waals surface area (Å²) in [6.07, 6.45) is 0. The molecular weight excluding hydrogens is 154 g/mol. The summed E-state index contributed by atoms with van der Waals surface area (Å²) in [6.45, 7) is 9.61. The van der Waals surface area contributed by atoms with Crippen molar-refractivity contribution in [2.24, 2.45) is 0 Å². The van der Waals surface area contributed by atoms with Crippen molar-refractivity contribution in [1.29, 1.82) is 0 Å². The van der Waals surface area contributed by atoms with Crippen molar-refractivity contribution in [3.63, 3.8) is 0 Å². The lowest BCUT2D eigenvalue weighted by Gasteiger charge is -2.35. The molecule has 3 heteroatoms. The van der Waals surface area contributed by atoms with E-state index >= 15 is 0 Å². The summed E-state index contributed by atoms with van der Waals surface area (Å²) in [6, 6.07) is 3.17. The van der Waals surface area contributed by atoms with Gasteiger partial charge in [-0.15, -0.1) is 0 Å². The van der Waals surface area contributed by atoms with Crippen molar-refractivity contribution in [3.05, 3.63) is 0 Å². The molecule has 1 atom stereocenters. The highest BCUT2D eigenvalue weighted by molar-refractivity contribution is 6.68. The van der Waals surface area contributed by atoms with Crippen LogP contribution < -0.4 is 0 Å². The predicted molar refractivity (Wildman–Crippen MR) is 52.8 cm³/mol. The molecule has 60 valence electrons. The van der Waals surface area contributed by atoms with Crippen LogP contribution in [0.15, 0.2) is 0 Å². The van der Waals surface area contributed by atoms with Gasteiger partial charge in [-0.05, 0) is 32.4 Å². The lowest BCUT2D eigenvalue weighted by molar-refractivity contribution is 0.375. The average Bonchev–Trinajstić information content (AvgIpc) is 2.11. The third kappa shape index (κ3) is 1.71. The summed E-state index contributed by atoms with van der Waals surface area (Å²) < 4.78 is 2.87. The van der Waals surface area contributed by atoms with Crippen LogP contribution >= 0.6 is 0 Å². The molecule has 1 nitrogen and oxygen atoms in total. The van der Waals surface area contributed by atoms with E-state index in [1.807, 2.05) is 0 Å². The Morgan fingerprint density at radius 3 is 2.20 bits per heavy atom. The Morgan fingerprint density at radius 2 is 2.00 bits per heavy atom. The highest BCUT2D eigenvalue weighted by atomic mass is 28.3. The van der Waals surface area contributed by atoms with E-state index in [4.69, 9.17) is 0 Å². The Balaban J connectivity index is 2.55. The van der Waals surface area contributed by atoms with Gasteiger partial charge in [0.1, 0.15) is 8.96 Å². The molecule has 1 fully saturated rings. The van der Waals surface area contributed by atoms with E-state index in [0.29, 0.717) is 5.54 Å². The first-order valence-corrected chi connectivity index (χ1v) is 8.40. The van der Waals surface area contributed by atoms with Crippen molar-refractivity contribution in [1.82, 2.24) is 4.23 Å². The second kappa shape index (κ2) is 2.79. The van der Waals surface area contributed by atoms with Crippen molar-refractivity contribution in [2.75, 3.05) is 0 Å². The van der Waals surface area contributed by atoms with Crippen LogP contribution in [0, 0.1) is 0 Å². The highest BCUT2D eigenvalue weighted by Gasteiger charge is 2.30. The Morgan fingerprint density at radius 1 is 1.40 bits per heavy atom. The van der Waals surface area contributed by atoms with Gasteiger partial charge in [0.2, 0.25) is 0 Å². The Kier molecular flexibility index (Phi) is 2.37. The lowest BCUT2D eigenvalue weighted by Crippen LogP contribution is -2.47. The Hall–Kier alpha value is 0.394. The van der Waals surface area contributed by atoms with E-state index in [1.165, 1.54) is 0 Å². The summed E-state index contributed by atoms with van der Waals surface area (Å²) in [5.74, 6) is 0. The molecule has 0 aromatic carbocycles. The standard InChI is InChI=1S/C7H19NSi2/c1-7(2,3)8-9-5-6-10(8)4/h10H,5-6,9H2,1-4H3. The summed E-state index contributed by atoms with van der Waals surface area (Å²) in [5, 5.41) is 0. The highest BCUT2D eigenvalue weighted by Crippen LogP contribution is 2.22. The second-order valence-electron chi connectivity index (χ2n) is 4.36. The monoisotopic (exact) mass is 173 g/mol. The topological polar surface area (TPSA) is 3.24 Å². The van der Waals surface area contributed by atoms with Gasteiger partial charge in [0.25, 0.3) is 0 Å². The molecule has 1 unspecified atom stereocenters. The second-order valence-corrected chi connectivity index (χ2v) is 9.82. The Bertz CT molecular complexity index is 119. The average molecular weight is 173 g/mol. The maximum atomic E-state index is 2.87. The third-order valence-corrected chi connectivity index (χ3v) is 11.1. The molecule has 0 spiro atoms. The van der Waals surface area contributed by atoms with Crippen molar-refractivity contribution in [2.45, 2.75) is 44.9 Å². The van der Waals surface area contributed by atoms with E-state index in [2.05, 4.69) is 31.5 Å². The SMILES string of the molecule is C[SiH]1CC[SiH2]N1C(C)(C)C. The van der Waals surface area contributed by atoms with Gasteiger partial charge in [0, 0.05) is 0 Å². The van der Waals surface area contributed by atoms with Gasteiger partial charge in [0.05, 0.1) is 9.68 Å². The number of rotatable bonds is 0. The quantitative estimate of drug-likeness (QED) is 0.493. The normalized spacial score (nSPS) is 31.8. The first-order valence-electron chi connectivity index (χ1n) is 4.28. The van der Waals surface area contributed by atoms with Gasteiger partial charge < -0.3 is 4.23 Å². The molecule has 0 saturated carbocycles. The van der Waals surface area contributed by atoms with Gasteiger partial charge in [-0.2, -0.15) is 0 Å². The van der Waals surface area contributed by atoms with E-state index in [9.17, 15) is 0 Å². The Labute approximate surface area is 68.4 Å². The van der Waals surface area contributed by atoms with E-state index in [-0.39, 0.29) is 9.68 Å². The summed E-state index contributed by atoms with van der Waals surface area (Å²) >= 11 is 0. The fourth-order valence-corrected chi connectivity index (χ4v) is 10.5. The molecule has 1 aliphatic heterocycles. The number of hydrogen-bond acceptors (Lipinski definition) is 1. The van der Waals surface area contributed by atoms with Crippen molar-refractivity contribution in [3.8, 4) is 0 Å². The largest absolute Gasteiger partial charge is 0.348 e. The zero-order valence-electron chi connectivity index (χ0n) is 7.65. The molecule has 1 rings (SSSR count). The molecule has 0 aromatic rings. The van der Waals surface area contributed by atoms with Gasteiger partial charge in [-0.3, -0.25) is 0 Å². The molecule has 0 aromatic heterocycles. The summed E-state index contributed by atoms with van der Waals surface area (Å²) in [7, 11) is -0.194. The third-order valence-electron chi connectivity index (χ3n) is 2.41. The molecule has 0 bridgehead atoms. The molecule has 0 aliphatic carbocycles. The van der Waals surface area contributed by atoms with Crippen LogP contribution in [-0.2, 0) is 0 Å². The van der Waals surface area contributed by atoms with Gasteiger partial charge in [0.15, 0.2) is 0 Å². The van der Waals surface area contributed by atoms with Crippen LogP contribution in [0.25, 0.3) is 0 Å². The molecule has 0 radical (unpaired) electrons. The molecule has 1 saturated heterocycles. The van der Waals surface area contributed by atoms with Crippen LogP contribution in [0.3, 0.4) is 0 Å². The van der Waals surface area contributed by atoms with Crippen LogP contribution in [0.1, 0.15) is 20.8 Å². The minimum atomic E-state index is -0.394. The minimum Gasteiger partial charge on any atom is -0.348 e. The van der Waals surface area contributed by atoms with Gasteiger partial charge >= 0.3 is 0 Å². The summed E-state index contributed by atoms with van der Waals surface area (Å²) in [5.41, 5.74) is 0.508. The van der Waals surface area contributed by atoms with Crippen molar-refractivity contribution >= 4 is 18.6 Å². The maximum Gasteiger partial charge on any atom is 0.101 e. The molecule has 0 N–H and O–H groups in total. The molecule has 0 amide bonds. The molecule has 1 heterocycles. The zero-order valence-corrected chi connectivity index (χ0v) is 10.2. The first-order chi connectivity index (χ1) is 4.52. The zero-order chi connectivity index (χ0) is 7.78. The maximum absolute atomic E-state index is 2.87. The van der Waals surface area contributed by atoms with E-state index in [1.54, 1.807) is 12.1 Å². The van der Waals surface area contributed by atoms with E-state index < -0.39 is 8.96 Å². The van der Waals surface area contributed by atoms with Gasteiger partial charge in [-0.25, -0.2) is 0 Å². The van der Waals surface area contributed by atoms with Crippen LogP contribution in [0.5, 0.6) is 0 Å². The molecular formula is C7H19NSi2. The number of nitrogens with zero attached hydrogens (tertiary/aromatic N) is 1. The smallest absolute Gasteiger partial charge is 0.101 e. The van der Waals surface area contributed by atoms with E-state index in [0.717, 1.165) is 0 Å². The van der Waals surface area contributed by atoms with Crippen molar-refractivity contribution < 1.29 is 0 Å². The lowest BCUT2D eigenvalue weighted by atomic mass is 10.1. The van der Waals surface area contributed by atoms with Crippen LogP contribution in [-0.4, -0.2) is 28.4 Å². The van der Waals surface area contributed by atoms with Gasteiger partial charge in [-0.1, -0.05) is 12.6 Å². The summed E-state index contributed by atoms with van der Waals surface area (Å²) in [4.78, 5) is 0. The minimum absolute atomic E-state index is 0.201.